The maximum absolute atomic E-state index is 11.5. The molecule has 6 N–H and O–H groups in total. The van der Waals surface area contributed by atoms with Gasteiger partial charge in [0.1, 0.15) is 17.7 Å². The number of carbonyl (C=O) groups is 1. The number of carboxylic acids is 1. The van der Waals surface area contributed by atoms with E-state index in [9.17, 15) is 9.90 Å². The average Bonchev–Trinajstić information content (AvgIpc) is 2.67. The van der Waals surface area contributed by atoms with Crippen LogP contribution >= 0.6 is 0 Å². The van der Waals surface area contributed by atoms with E-state index in [0.717, 1.165) is 37.1 Å². The van der Waals surface area contributed by atoms with Crippen LogP contribution in [0.2, 0.25) is 0 Å². The number of aliphatic carboxylic acids is 1. The predicted octanol–water partition coefficient (Wildman–Crippen LogP) is 0.571. The van der Waals surface area contributed by atoms with E-state index in [2.05, 4.69) is 10.3 Å². The molecule has 2 heterocycles. The van der Waals surface area contributed by atoms with Crippen molar-refractivity contribution in [3.8, 4) is 5.75 Å². The molecule has 142 valence electrons. The van der Waals surface area contributed by atoms with Crippen LogP contribution in [0.15, 0.2) is 23.2 Å². The second kappa shape index (κ2) is 7.61. The third kappa shape index (κ3) is 3.67. The molecule has 0 unspecified atom stereocenters. The van der Waals surface area contributed by atoms with E-state index >= 15 is 0 Å². The van der Waals surface area contributed by atoms with Gasteiger partial charge in [0.2, 0.25) is 5.60 Å². The first kappa shape index (κ1) is 18.6. The number of rotatable bonds is 5. The van der Waals surface area contributed by atoms with Crippen LogP contribution in [0.3, 0.4) is 0 Å². The molecular formula is C18H26N4O4. The number of ether oxygens (including phenoxy) is 1. The smallest absolute Gasteiger partial charge is 0.341 e. The number of hydrogen-bond acceptors (Lipinski definition) is 6. The van der Waals surface area contributed by atoms with Crippen LogP contribution in [0, 0.1) is 0 Å². The van der Waals surface area contributed by atoms with Gasteiger partial charge in [-0.15, -0.1) is 0 Å². The van der Waals surface area contributed by atoms with Crippen molar-refractivity contribution in [2.24, 2.45) is 16.6 Å². The minimum atomic E-state index is -1.59. The Morgan fingerprint density at radius 3 is 2.77 bits per heavy atom. The van der Waals surface area contributed by atoms with Crippen molar-refractivity contribution in [1.29, 1.82) is 0 Å². The molecule has 0 saturated carbocycles. The molecule has 1 aromatic carbocycles. The molecule has 0 spiro atoms. The van der Waals surface area contributed by atoms with Crippen molar-refractivity contribution in [1.82, 2.24) is 5.32 Å². The highest BCUT2D eigenvalue weighted by molar-refractivity contribution is 5.98. The first-order valence-corrected chi connectivity index (χ1v) is 8.89. The second-order valence-corrected chi connectivity index (χ2v) is 6.99. The van der Waals surface area contributed by atoms with Crippen LogP contribution < -0.4 is 21.7 Å². The summed E-state index contributed by atoms with van der Waals surface area (Å²) in [6.45, 7) is 3.35. The highest BCUT2D eigenvalue weighted by atomic mass is 16.7. The van der Waals surface area contributed by atoms with Gasteiger partial charge in [0.05, 0.1) is 6.04 Å². The van der Waals surface area contributed by atoms with E-state index in [1.165, 1.54) is 6.92 Å². The molecule has 1 aromatic rings. The normalized spacial score (nSPS) is 23.6. The van der Waals surface area contributed by atoms with Crippen molar-refractivity contribution in [2.75, 3.05) is 13.1 Å². The number of aryl methyl sites for hydroxylation is 1. The van der Waals surface area contributed by atoms with Crippen LogP contribution in [0.25, 0.3) is 0 Å². The van der Waals surface area contributed by atoms with Gasteiger partial charge in [-0.05, 0) is 69.5 Å². The van der Waals surface area contributed by atoms with Crippen LogP contribution in [0.1, 0.15) is 37.3 Å². The number of nitrogens with one attached hydrogen (secondary N) is 1. The number of amidine groups is 1. The second-order valence-electron chi connectivity index (χ2n) is 6.99. The van der Waals surface area contributed by atoms with Crippen molar-refractivity contribution in [3.05, 3.63) is 29.3 Å². The van der Waals surface area contributed by atoms with E-state index < -0.39 is 17.7 Å². The molecule has 0 amide bonds. The first-order chi connectivity index (χ1) is 12.4. The van der Waals surface area contributed by atoms with Gasteiger partial charge in [-0.2, -0.15) is 0 Å². The Morgan fingerprint density at radius 2 is 2.12 bits per heavy atom. The maximum Gasteiger partial charge on any atom is 0.341 e. The highest BCUT2D eigenvalue weighted by Gasteiger charge is 2.46. The lowest BCUT2D eigenvalue weighted by atomic mass is 9.90. The van der Waals surface area contributed by atoms with Crippen molar-refractivity contribution < 1.29 is 19.5 Å². The van der Waals surface area contributed by atoms with Gasteiger partial charge in [-0.3, -0.25) is 9.83 Å². The highest BCUT2D eigenvalue weighted by Crippen LogP contribution is 2.33. The number of carboxylic acid groups (broad SMARTS) is 1. The van der Waals surface area contributed by atoms with Crippen LogP contribution in [0.5, 0.6) is 5.75 Å². The molecule has 0 aromatic heterocycles. The summed E-state index contributed by atoms with van der Waals surface area (Å²) in [6, 6.07) is 5.88. The fraction of sp³-hybridized carbons (Fsp3) is 0.556. The molecule has 2 aliphatic rings. The molecule has 8 nitrogen and oxygen atoms in total. The average molecular weight is 362 g/mol. The summed E-state index contributed by atoms with van der Waals surface area (Å²) in [7, 11) is 0. The molecule has 1 saturated heterocycles. The Labute approximate surface area is 152 Å². The molecule has 0 radical (unpaired) electrons. The standard InChI is InChI=1S/C18H26N4O4/c1-18(26-20,17(23)24)15-5-3-11-10-12(2-4-14(11)25-15)16(19)22-13-6-8-21-9-7-13/h2,4,10,13,15,21H,3,5-9,20H2,1H3,(H2,19,22)(H,23,24)/t15-,18+/m1/s1. The Kier molecular flexibility index (Phi) is 5.45. The Hall–Kier alpha value is -2.16. The Balaban J connectivity index is 1.76. The molecule has 26 heavy (non-hydrogen) atoms. The fourth-order valence-electron chi connectivity index (χ4n) is 3.41. The zero-order valence-corrected chi connectivity index (χ0v) is 14.9. The van der Waals surface area contributed by atoms with Gasteiger partial charge >= 0.3 is 5.97 Å². The molecule has 2 atom stereocenters. The number of benzene rings is 1. The largest absolute Gasteiger partial charge is 0.486 e. The third-order valence-electron chi connectivity index (χ3n) is 5.22. The molecule has 2 aliphatic heterocycles. The monoisotopic (exact) mass is 362 g/mol. The summed E-state index contributed by atoms with van der Waals surface area (Å²) in [5.74, 6) is 5.22. The van der Waals surface area contributed by atoms with Crippen molar-refractivity contribution in [2.45, 2.75) is 50.4 Å². The summed E-state index contributed by atoms with van der Waals surface area (Å²) in [5.41, 5.74) is 6.44. The summed E-state index contributed by atoms with van der Waals surface area (Å²) in [6.07, 6.45) is 2.46. The number of nitrogens with zero attached hydrogens (tertiary/aromatic N) is 1. The summed E-state index contributed by atoms with van der Waals surface area (Å²) in [4.78, 5) is 20.9. The lowest BCUT2D eigenvalue weighted by molar-refractivity contribution is -0.179. The van der Waals surface area contributed by atoms with E-state index in [4.69, 9.17) is 21.2 Å². The summed E-state index contributed by atoms with van der Waals surface area (Å²) < 4.78 is 5.86. The van der Waals surface area contributed by atoms with Gasteiger partial charge in [0, 0.05) is 5.56 Å². The number of aliphatic imine (C=N–C) groups is 1. The molecule has 1 fully saturated rings. The van der Waals surface area contributed by atoms with Crippen molar-refractivity contribution in [3.63, 3.8) is 0 Å². The molecule has 0 aliphatic carbocycles. The van der Waals surface area contributed by atoms with Crippen LogP contribution in [-0.2, 0) is 16.1 Å². The minimum absolute atomic E-state index is 0.255. The van der Waals surface area contributed by atoms with Gasteiger partial charge in [0.15, 0.2) is 0 Å². The van der Waals surface area contributed by atoms with Crippen LogP contribution in [-0.4, -0.2) is 47.7 Å². The first-order valence-electron chi connectivity index (χ1n) is 8.89. The lowest BCUT2D eigenvalue weighted by Gasteiger charge is -2.35. The van der Waals surface area contributed by atoms with Crippen molar-refractivity contribution >= 4 is 11.8 Å². The quantitative estimate of drug-likeness (QED) is 0.342. The lowest BCUT2D eigenvalue weighted by Crippen LogP contribution is -2.54. The van der Waals surface area contributed by atoms with E-state index in [1.54, 1.807) is 6.07 Å². The van der Waals surface area contributed by atoms with Gasteiger partial charge < -0.3 is 20.9 Å². The summed E-state index contributed by atoms with van der Waals surface area (Å²) in [5, 5.41) is 12.7. The van der Waals surface area contributed by atoms with E-state index in [1.807, 2.05) is 12.1 Å². The molecule has 3 rings (SSSR count). The van der Waals surface area contributed by atoms with Gasteiger partial charge in [-0.1, -0.05) is 0 Å². The number of nitrogens with two attached hydrogens (primary N) is 2. The minimum Gasteiger partial charge on any atom is -0.486 e. The fourth-order valence-corrected chi connectivity index (χ4v) is 3.41. The van der Waals surface area contributed by atoms with Crippen LogP contribution in [0.4, 0.5) is 0 Å². The number of piperidine rings is 1. The third-order valence-corrected chi connectivity index (χ3v) is 5.22. The van der Waals surface area contributed by atoms with E-state index in [-0.39, 0.29) is 6.04 Å². The maximum atomic E-state index is 11.5. The van der Waals surface area contributed by atoms with Gasteiger partial charge in [0.25, 0.3) is 0 Å². The van der Waals surface area contributed by atoms with Gasteiger partial charge in [-0.25, -0.2) is 10.7 Å². The topological polar surface area (TPSA) is 132 Å². The van der Waals surface area contributed by atoms with E-state index in [0.29, 0.717) is 24.4 Å². The Morgan fingerprint density at radius 1 is 1.38 bits per heavy atom. The molecular weight excluding hydrogens is 336 g/mol. The molecule has 8 heteroatoms. The number of fused-ring (bicyclic) bond motifs is 1. The zero-order chi connectivity index (χ0) is 18.7. The SMILES string of the molecule is C[C@@](ON)(C(=O)O)[C@H]1CCc2cc(C(N)=NC3CCNCC3)ccc2O1. The Bertz CT molecular complexity index is 702. The summed E-state index contributed by atoms with van der Waals surface area (Å²) >= 11 is 0. The molecule has 0 bridgehead atoms. The number of hydrogen-bond donors (Lipinski definition) is 4. The predicted molar refractivity (Wildman–Crippen MR) is 97.1 cm³/mol. The zero-order valence-electron chi connectivity index (χ0n) is 14.9.